The van der Waals surface area contributed by atoms with Gasteiger partial charge in [0.05, 0.1) is 19.3 Å². The molecule has 8 heteroatoms. The molecule has 1 aliphatic rings. The highest BCUT2D eigenvalue weighted by atomic mass is 16.7. The summed E-state index contributed by atoms with van der Waals surface area (Å²) in [5.41, 5.74) is 9.31. The van der Waals surface area contributed by atoms with Crippen molar-refractivity contribution < 1.29 is 24.4 Å². The van der Waals surface area contributed by atoms with Gasteiger partial charge < -0.3 is 24.4 Å². The fraction of sp³-hybridized carbons (Fsp3) is 0.571. The molecule has 0 radical (unpaired) electrons. The number of nitrogens with zero attached hydrogens (tertiary/aromatic N) is 3. The molecule has 1 aromatic carbocycles. The number of hydrogen-bond acceptors (Lipinski definition) is 6. The summed E-state index contributed by atoms with van der Waals surface area (Å²) in [4.78, 5) is 2.63. The minimum atomic E-state index is -1.22. The Kier molecular flexibility index (Phi) is 6.14. The van der Waals surface area contributed by atoms with Crippen LogP contribution in [0.2, 0.25) is 0 Å². The Bertz CT molecular complexity index is 508. The lowest BCUT2D eigenvalue weighted by Crippen LogP contribution is -2.59. The van der Waals surface area contributed by atoms with Gasteiger partial charge in [-0.2, -0.15) is 0 Å². The zero-order valence-electron chi connectivity index (χ0n) is 12.1. The van der Waals surface area contributed by atoms with Gasteiger partial charge in [-0.15, -0.1) is 0 Å². The summed E-state index contributed by atoms with van der Waals surface area (Å²) in [5, 5.41) is 23.5. The zero-order chi connectivity index (χ0) is 15.9. The molecule has 0 bridgehead atoms. The lowest BCUT2D eigenvalue weighted by Gasteiger charge is -2.41. The Balaban J connectivity index is 2.03. The van der Waals surface area contributed by atoms with Crippen LogP contribution in [0.5, 0.6) is 0 Å². The molecule has 2 N–H and O–H groups in total. The van der Waals surface area contributed by atoms with Gasteiger partial charge in [0.25, 0.3) is 0 Å². The molecule has 22 heavy (non-hydrogen) atoms. The standard InChI is InChI=1S/C14H19N3O5/c1-20-13-12(19)11(18)10(7-16-17-15)22-14(13)21-8-9-5-3-2-4-6-9/h2-6,10-14,18-19H,7-8H2,1H3/t10?,11?,12?,13?,14-/m1/s1. The van der Waals surface area contributed by atoms with Gasteiger partial charge in [0.15, 0.2) is 6.29 Å². The fourth-order valence-electron chi connectivity index (χ4n) is 2.31. The first-order chi connectivity index (χ1) is 10.7. The van der Waals surface area contributed by atoms with Crippen LogP contribution in [0.1, 0.15) is 5.56 Å². The average molecular weight is 309 g/mol. The Morgan fingerprint density at radius 2 is 2.00 bits per heavy atom. The van der Waals surface area contributed by atoms with Crippen molar-refractivity contribution in [2.45, 2.75) is 37.3 Å². The van der Waals surface area contributed by atoms with E-state index in [9.17, 15) is 10.2 Å². The summed E-state index contributed by atoms with van der Waals surface area (Å²) in [6.07, 6.45) is -4.97. The van der Waals surface area contributed by atoms with Crippen molar-refractivity contribution in [1.82, 2.24) is 0 Å². The van der Waals surface area contributed by atoms with Gasteiger partial charge in [-0.1, -0.05) is 35.4 Å². The predicted octanol–water partition coefficient (Wildman–Crippen LogP) is 0.975. The minimum absolute atomic E-state index is 0.101. The van der Waals surface area contributed by atoms with Gasteiger partial charge in [-0.25, -0.2) is 0 Å². The molecular formula is C14H19N3O5. The molecule has 4 unspecified atom stereocenters. The quantitative estimate of drug-likeness (QED) is 0.461. The van der Waals surface area contributed by atoms with E-state index in [4.69, 9.17) is 19.7 Å². The summed E-state index contributed by atoms with van der Waals surface area (Å²) < 4.78 is 16.4. The maximum Gasteiger partial charge on any atom is 0.187 e. The normalized spacial score (nSPS) is 31.5. The van der Waals surface area contributed by atoms with E-state index < -0.39 is 30.7 Å². The maximum absolute atomic E-state index is 10.1. The third-order valence-electron chi connectivity index (χ3n) is 3.50. The van der Waals surface area contributed by atoms with Gasteiger partial charge in [0, 0.05) is 12.0 Å². The number of azide groups is 1. The molecule has 1 heterocycles. The van der Waals surface area contributed by atoms with Crippen LogP contribution in [-0.4, -0.2) is 54.6 Å². The van der Waals surface area contributed by atoms with Crippen molar-refractivity contribution in [2.24, 2.45) is 5.11 Å². The predicted molar refractivity (Wildman–Crippen MR) is 76.7 cm³/mol. The van der Waals surface area contributed by atoms with E-state index in [1.165, 1.54) is 7.11 Å². The van der Waals surface area contributed by atoms with Crippen molar-refractivity contribution in [3.05, 3.63) is 46.3 Å². The highest BCUT2D eigenvalue weighted by Crippen LogP contribution is 2.25. The van der Waals surface area contributed by atoms with E-state index >= 15 is 0 Å². The summed E-state index contributed by atoms with van der Waals surface area (Å²) in [6, 6.07) is 9.46. The third kappa shape index (κ3) is 3.95. The number of aliphatic hydroxyl groups is 2. The molecule has 2 rings (SSSR count). The van der Waals surface area contributed by atoms with Crippen LogP contribution in [-0.2, 0) is 20.8 Å². The molecule has 1 aromatic rings. The summed E-state index contributed by atoms with van der Waals surface area (Å²) >= 11 is 0. The number of ether oxygens (including phenoxy) is 3. The van der Waals surface area contributed by atoms with Crippen LogP contribution >= 0.6 is 0 Å². The SMILES string of the molecule is COC1C(O)C(O)C(CN=[N+]=[N-])O[C@H]1OCc1ccccc1. The molecule has 1 saturated heterocycles. The molecule has 5 atom stereocenters. The fourth-order valence-corrected chi connectivity index (χ4v) is 2.31. The third-order valence-corrected chi connectivity index (χ3v) is 3.50. The Morgan fingerprint density at radius 1 is 1.27 bits per heavy atom. The number of rotatable bonds is 6. The topological polar surface area (TPSA) is 117 Å². The Morgan fingerprint density at radius 3 is 2.64 bits per heavy atom. The van der Waals surface area contributed by atoms with Crippen LogP contribution in [0.25, 0.3) is 10.4 Å². The molecule has 0 aliphatic carbocycles. The van der Waals surface area contributed by atoms with Gasteiger partial charge >= 0.3 is 0 Å². The van der Waals surface area contributed by atoms with Gasteiger partial charge in [-0.05, 0) is 11.1 Å². The van der Waals surface area contributed by atoms with Gasteiger partial charge in [0.1, 0.15) is 18.3 Å². The zero-order valence-corrected chi connectivity index (χ0v) is 12.1. The minimum Gasteiger partial charge on any atom is -0.388 e. The Labute approximate surface area is 127 Å². The summed E-state index contributed by atoms with van der Waals surface area (Å²) in [6.45, 7) is 0.165. The molecule has 8 nitrogen and oxygen atoms in total. The summed E-state index contributed by atoms with van der Waals surface area (Å²) in [5.74, 6) is 0. The van der Waals surface area contributed by atoms with E-state index in [1.807, 2.05) is 30.3 Å². The molecule has 1 aliphatic heterocycles. The van der Waals surface area contributed by atoms with E-state index in [2.05, 4.69) is 10.0 Å². The van der Waals surface area contributed by atoms with Crippen molar-refractivity contribution in [3.63, 3.8) is 0 Å². The van der Waals surface area contributed by atoms with Crippen LogP contribution in [0, 0.1) is 0 Å². The van der Waals surface area contributed by atoms with Gasteiger partial charge in [0.2, 0.25) is 0 Å². The molecule has 0 spiro atoms. The lowest BCUT2D eigenvalue weighted by molar-refractivity contribution is -0.302. The maximum atomic E-state index is 10.1. The van der Waals surface area contributed by atoms with Crippen LogP contribution in [0.4, 0.5) is 0 Å². The van der Waals surface area contributed by atoms with Crippen LogP contribution < -0.4 is 0 Å². The molecular weight excluding hydrogens is 290 g/mol. The largest absolute Gasteiger partial charge is 0.388 e. The molecule has 0 saturated carbocycles. The molecule has 0 aromatic heterocycles. The second kappa shape index (κ2) is 8.09. The average Bonchev–Trinajstić information content (AvgIpc) is 2.55. The highest BCUT2D eigenvalue weighted by molar-refractivity contribution is 5.13. The van der Waals surface area contributed by atoms with Crippen LogP contribution in [0.15, 0.2) is 35.4 Å². The van der Waals surface area contributed by atoms with Crippen molar-refractivity contribution in [2.75, 3.05) is 13.7 Å². The van der Waals surface area contributed by atoms with E-state index in [1.54, 1.807) is 0 Å². The van der Waals surface area contributed by atoms with E-state index in [-0.39, 0.29) is 13.2 Å². The molecule has 120 valence electrons. The van der Waals surface area contributed by atoms with E-state index in [0.717, 1.165) is 5.56 Å². The first kappa shape index (κ1) is 16.7. The van der Waals surface area contributed by atoms with Gasteiger partial charge in [-0.3, -0.25) is 0 Å². The monoisotopic (exact) mass is 309 g/mol. The second-order valence-electron chi connectivity index (χ2n) is 4.93. The van der Waals surface area contributed by atoms with Crippen molar-refractivity contribution in [1.29, 1.82) is 0 Å². The summed E-state index contributed by atoms with van der Waals surface area (Å²) in [7, 11) is 1.40. The highest BCUT2D eigenvalue weighted by Gasteiger charge is 2.45. The van der Waals surface area contributed by atoms with E-state index in [0.29, 0.717) is 0 Å². The van der Waals surface area contributed by atoms with Crippen LogP contribution in [0.3, 0.4) is 0 Å². The van der Waals surface area contributed by atoms with Crippen molar-refractivity contribution >= 4 is 0 Å². The number of aliphatic hydroxyl groups excluding tert-OH is 2. The second-order valence-corrected chi connectivity index (χ2v) is 4.93. The number of methoxy groups -OCH3 is 1. The smallest absolute Gasteiger partial charge is 0.187 e. The number of hydrogen-bond donors (Lipinski definition) is 2. The molecule has 0 amide bonds. The Hall–Kier alpha value is -1.67. The number of benzene rings is 1. The lowest BCUT2D eigenvalue weighted by atomic mass is 9.99. The van der Waals surface area contributed by atoms with Crippen molar-refractivity contribution in [3.8, 4) is 0 Å². The first-order valence-corrected chi connectivity index (χ1v) is 6.88. The first-order valence-electron chi connectivity index (χ1n) is 6.88. The molecule has 1 fully saturated rings.